The van der Waals surface area contributed by atoms with Crippen LogP contribution in [0.2, 0.25) is 5.28 Å². The number of hydrogen-bond donors (Lipinski definition) is 1. The lowest BCUT2D eigenvalue weighted by Gasteiger charge is -2.06. The van der Waals surface area contributed by atoms with Crippen LogP contribution in [-0.2, 0) is 4.74 Å². The fourth-order valence-electron chi connectivity index (χ4n) is 1.25. The monoisotopic (exact) mass is 245 g/mol. The molecule has 1 aromatic heterocycles. The van der Waals surface area contributed by atoms with Gasteiger partial charge < -0.3 is 10.1 Å². The Balaban J connectivity index is 1.69. The van der Waals surface area contributed by atoms with Crippen molar-refractivity contribution in [3.63, 3.8) is 0 Å². The van der Waals surface area contributed by atoms with Crippen LogP contribution < -0.4 is 5.32 Å². The second kappa shape index (κ2) is 5.41. The van der Waals surface area contributed by atoms with E-state index in [1.165, 1.54) is 12.8 Å². The quantitative estimate of drug-likeness (QED) is 0.616. The van der Waals surface area contributed by atoms with Crippen molar-refractivity contribution in [2.45, 2.75) is 12.8 Å². The molecule has 16 heavy (non-hydrogen) atoms. The number of nitrogens with one attached hydrogen (secondary N) is 1. The molecule has 0 saturated heterocycles. The molecule has 0 bridgehead atoms. The molecule has 0 amide bonds. The number of halogens is 2. The molecule has 1 heterocycles. The van der Waals surface area contributed by atoms with Gasteiger partial charge in [0.15, 0.2) is 11.6 Å². The third kappa shape index (κ3) is 3.57. The van der Waals surface area contributed by atoms with Gasteiger partial charge in [0, 0.05) is 13.2 Å². The van der Waals surface area contributed by atoms with E-state index >= 15 is 0 Å². The first-order valence-corrected chi connectivity index (χ1v) is 5.63. The third-order valence-electron chi connectivity index (χ3n) is 2.30. The number of aromatic nitrogens is 2. The molecule has 1 aliphatic rings. The Labute approximate surface area is 98.2 Å². The van der Waals surface area contributed by atoms with Gasteiger partial charge in [-0.3, -0.25) is 0 Å². The predicted octanol–water partition coefficient (Wildman–Crippen LogP) is 2.11. The lowest BCUT2D eigenvalue weighted by Crippen LogP contribution is -2.12. The highest BCUT2D eigenvalue weighted by Crippen LogP contribution is 2.28. The standard InChI is InChI=1S/C10H13ClFN3O/c11-10-14-5-8(12)9(15-10)13-3-4-16-6-7-1-2-7/h5,7H,1-4,6H2,(H,13,14,15). The topological polar surface area (TPSA) is 47.0 Å². The van der Waals surface area contributed by atoms with E-state index in [1.54, 1.807) is 0 Å². The van der Waals surface area contributed by atoms with Crippen LogP contribution in [0.3, 0.4) is 0 Å². The van der Waals surface area contributed by atoms with Gasteiger partial charge in [-0.05, 0) is 30.4 Å². The minimum Gasteiger partial charge on any atom is -0.379 e. The molecule has 1 aliphatic carbocycles. The van der Waals surface area contributed by atoms with Gasteiger partial charge in [0.25, 0.3) is 0 Å². The third-order valence-corrected chi connectivity index (χ3v) is 2.49. The molecule has 6 heteroatoms. The summed E-state index contributed by atoms with van der Waals surface area (Å²) in [5.74, 6) is 0.354. The van der Waals surface area contributed by atoms with Crippen molar-refractivity contribution in [3.05, 3.63) is 17.3 Å². The van der Waals surface area contributed by atoms with Gasteiger partial charge in [0.05, 0.1) is 12.8 Å². The Hall–Kier alpha value is -0.940. The van der Waals surface area contributed by atoms with Crippen LogP contribution in [0.1, 0.15) is 12.8 Å². The van der Waals surface area contributed by atoms with E-state index in [9.17, 15) is 4.39 Å². The molecule has 2 rings (SSSR count). The summed E-state index contributed by atoms with van der Waals surface area (Å²) in [7, 11) is 0. The molecule has 0 aliphatic heterocycles. The lowest BCUT2D eigenvalue weighted by atomic mass is 10.5. The molecule has 0 unspecified atom stereocenters. The van der Waals surface area contributed by atoms with Gasteiger partial charge >= 0.3 is 0 Å². The van der Waals surface area contributed by atoms with Gasteiger partial charge in [-0.2, -0.15) is 4.98 Å². The molecule has 0 radical (unpaired) electrons. The van der Waals surface area contributed by atoms with Gasteiger partial charge in [0.2, 0.25) is 5.28 Å². The average Bonchev–Trinajstić information content (AvgIpc) is 3.06. The Morgan fingerprint density at radius 1 is 1.56 bits per heavy atom. The van der Waals surface area contributed by atoms with Crippen molar-refractivity contribution < 1.29 is 9.13 Å². The van der Waals surface area contributed by atoms with Gasteiger partial charge in [0.1, 0.15) is 0 Å². The summed E-state index contributed by atoms with van der Waals surface area (Å²) in [6.07, 6.45) is 3.58. The summed E-state index contributed by atoms with van der Waals surface area (Å²) >= 11 is 5.55. The van der Waals surface area contributed by atoms with Crippen LogP contribution >= 0.6 is 11.6 Å². The normalized spacial score (nSPS) is 15.1. The van der Waals surface area contributed by atoms with E-state index in [4.69, 9.17) is 16.3 Å². The van der Waals surface area contributed by atoms with Crippen LogP contribution in [0.25, 0.3) is 0 Å². The Kier molecular flexibility index (Phi) is 3.90. The van der Waals surface area contributed by atoms with Crippen LogP contribution in [0, 0.1) is 11.7 Å². The zero-order chi connectivity index (χ0) is 11.4. The highest BCUT2D eigenvalue weighted by atomic mass is 35.5. The number of anilines is 1. The number of hydrogen-bond acceptors (Lipinski definition) is 4. The van der Waals surface area contributed by atoms with Crippen LogP contribution in [0.15, 0.2) is 6.20 Å². The maximum Gasteiger partial charge on any atom is 0.224 e. The highest BCUT2D eigenvalue weighted by molar-refractivity contribution is 6.28. The SMILES string of the molecule is Fc1cnc(Cl)nc1NCCOCC1CC1. The summed E-state index contributed by atoms with van der Waals surface area (Å²) in [6, 6.07) is 0. The Morgan fingerprint density at radius 3 is 3.12 bits per heavy atom. The smallest absolute Gasteiger partial charge is 0.224 e. The van der Waals surface area contributed by atoms with E-state index in [0.29, 0.717) is 13.2 Å². The van der Waals surface area contributed by atoms with E-state index < -0.39 is 5.82 Å². The van der Waals surface area contributed by atoms with Crippen LogP contribution in [-0.4, -0.2) is 29.7 Å². The summed E-state index contributed by atoms with van der Waals surface area (Å²) < 4.78 is 18.5. The van der Waals surface area contributed by atoms with Crippen molar-refractivity contribution in [2.24, 2.45) is 5.92 Å². The fraction of sp³-hybridized carbons (Fsp3) is 0.600. The fourth-order valence-corrected chi connectivity index (χ4v) is 1.38. The van der Waals surface area contributed by atoms with Crippen molar-refractivity contribution in [1.82, 2.24) is 9.97 Å². The predicted molar refractivity (Wildman–Crippen MR) is 59.0 cm³/mol. The summed E-state index contributed by atoms with van der Waals surface area (Å²) in [6.45, 7) is 1.85. The molecule has 1 N–H and O–H groups in total. The van der Waals surface area contributed by atoms with Crippen molar-refractivity contribution in [2.75, 3.05) is 25.1 Å². The summed E-state index contributed by atoms with van der Waals surface area (Å²) in [5, 5.41) is 2.84. The van der Waals surface area contributed by atoms with Crippen LogP contribution in [0.5, 0.6) is 0 Å². The zero-order valence-corrected chi connectivity index (χ0v) is 9.50. The van der Waals surface area contributed by atoms with Gasteiger partial charge in [-0.15, -0.1) is 0 Å². The lowest BCUT2D eigenvalue weighted by molar-refractivity contribution is 0.133. The minimum absolute atomic E-state index is 0.0304. The largest absolute Gasteiger partial charge is 0.379 e. The summed E-state index contributed by atoms with van der Waals surface area (Å²) in [5.41, 5.74) is 0. The number of ether oxygens (including phenoxy) is 1. The molecule has 1 saturated carbocycles. The first kappa shape index (κ1) is 11.5. The number of nitrogens with zero attached hydrogens (tertiary/aromatic N) is 2. The number of rotatable bonds is 6. The molecule has 1 aromatic rings. The maximum absolute atomic E-state index is 13.1. The molecular formula is C10H13ClFN3O. The molecule has 1 fully saturated rings. The van der Waals surface area contributed by atoms with Crippen molar-refractivity contribution in [1.29, 1.82) is 0 Å². The van der Waals surface area contributed by atoms with Crippen molar-refractivity contribution in [3.8, 4) is 0 Å². The second-order valence-corrected chi connectivity index (χ2v) is 4.12. The maximum atomic E-state index is 13.1. The first-order valence-electron chi connectivity index (χ1n) is 5.25. The van der Waals surface area contributed by atoms with E-state index in [2.05, 4.69) is 15.3 Å². The van der Waals surface area contributed by atoms with E-state index in [1.807, 2.05) is 0 Å². The van der Waals surface area contributed by atoms with Crippen molar-refractivity contribution >= 4 is 17.4 Å². The molecule has 88 valence electrons. The molecular weight excluding hydrogens is 233 g/mol. The van der Waals surface area contributed by atoms with Gasteiger partial charge in [-0.1, -0.05) is 0 Å². The highest BCUT2D eigenvalue weighted by Gasteiger charge is 2.20. The first-order chi connectivity index (χ1) is 7.75. The van der Waals surface area contributed by atoms with E-state index in [0.717, 1.165) is 18.7 Å². The Bertz CT molecular complexity index is 360. The zero-order valence-electron chi connectivity index (χ0n) is 8.75. The average molecular weight is 246 g/mol. The van der Waals surface area contributed by atoms with E-state index in [-0.39, 0.29) is 11.1 Å². The second-order valence-electron chi connectivity index (χ2n) is 3.78. The van der Waals surface area contributed by atoms with Crippen LogP contribution in [0.4, 0.5) is 10.2 Å². The molecule has 0 spiro atoms. The molecule has 4 nitrogen and oxygen atoms in total. The molecule has 0 atom stereocenters. The molecule has 0 aromatic carbocycles. The van der Waals surface area contributed by atoms with Gasteiger partial charge in [-0.25, -0.2) is 9.37 Å². The summed E-state index contributed by atoms with van der Waals surface area (Å²) in [4.78, 5) is 7.25. The minimum atomic E-state index is -0.508. The Morgan fingerprint density at radius 2 is 2.38 bits per heavy atom.